The van der Waals surface area contributed by atoms with Gasteiger partial charge in [-0.25, -0.2) is 0 Å². The van der Waals surface area contributed by atoms with Crippen molar-refractivity contribution in [3.8, 4) is 0 Å². The summed E-state index contributed by atoms with van der Waals surface area (Å²) in [5, 5.41) is 3.13. The topological polar surface area (TPSA) is 38.3 Å². The van der Waals surface area contributed by atoms with Crippen molar-refractivity contribution < 1.29 is 9.53 Å². The molecule has 2 fully saturated rings. The third kappa shape index (κ3) is 3.61. The number of carbonyl (C=O) groups excluding carboxylic acids is 1. The van der Waals surface area contributed by atoms with Crippen LogP contribution < -0.4 is 5.32 Å². The number of hydrogen-bond acceptors (Lipinski definition) is 2. The van der Waals surface area contributed by atoms with E-state index >= 15 is 0 Å². The number of hydrogen-bond donors (Lipinski definition) is 1. The van der Waals surface area contributed by atoms with Crippen molar-refractivity contribution in [3.63, 3.8) is 0 Å². The van der Waals surface area contributed by atoms with Crippen molar-refractivity contribution in [2.75, 3.05) is 25.6 Å². The van der Waals surface area contributed by atoms with Gasteiger partial charge in [-0.15, -0.1) is 11.6 Å². The number of ether oxygens (including phenoxy) is 1. The lowest BCUT2D eigenvalue weighted by Crippen LogP contribution is -2.43. The Morgan fingerprint density at radius 1 is 1.22 bits per heavy atom. The summed E-state index contributed by atoms with van der Waals surface area (Å²) >= 11 is 6.14. The average Bonchev–Trinajstić information content (AvgIpc) is 2.47. The second-order valence-electron chi connectivity index (χ2n) is 5.80. The fraction of sp³-hybridized carbons (Fsp3) is 0.929. The number of nitrogens with one attached hydrogen (secondary N) is 1. The number of rotatable bonds is 4. The Morgan fingerprint density at radius 3 is 2.50 bits per heavy atom. The predicted octanol–water partition coefficient (Wildman–Crippen LogP) is 2.72. The van der Waals surface area contributed by atoms with Crippen LogP contribution in [-0.2, 0) is 9.53 Å². The van der Waals surface area contributed by atoms with Gasteiger partial charge in [0.25, 0.3) is 0 Å². The lowest BCUT2D eigenvalue weighted by molar-refractivity contribution is -0.128. The Morgan fingerprint density at radius 2 is 1.89 bits per heavy atom. The zero-order valence-electron chi connectivity index (χ0n) is 11.0. The Kier molecular flexibility index (Phi) is 5.31. The van der Waals surface area contributed by atoms with E-state index in [4.69, 9.17) is 16.3 Å². The van der Waals surface area contributed by atoms with Crippen LogP contribution in [0.2, 0.25) is 0 Å². The molecule has 2 aliphatic rings. The maximum atomic E-state index is 12.1. The van der Waals surface area contributed by atoms with Gasteiger partial charge in [-0.3, -0.25) is 4.79 Å². The number of halogens is 1. The predicted molar refractivity (Wildman–Crippen MR) is 72.8 cm³/mol. The van der Waals surface area contributed by atoms with Crippen molar-refractivity contribution in [1.82, 2.24) is 5.32 Å². The molecule has 0 radical (unpaired) electrons. The molecule has 1 amide bonds. The van der Waals surface area contributed by atoms with E-state index in [1.807, 2.05) is 0 Å². The van der Waals surface area contributed by atoms with Crippen LogP contribution in [0.5, 0.6) is 0 Å². The van der Waals surface area contributed by atoms with Crippen molar-refractivity contribution in [2.24, 2.45) is 11.3 Å². The number of alkyl halides is 1. The lowest BCUT2D eigenvalue weighted by Gasteiger charge is -2.36. The summed E-state index contributed by atoms with van der Waals surface area (Å²) in [6.45, 7) is 2.20. The maximum Gasteiger partial charge on any atom is 0.223 e. The minimum Gasteiger partial charge on any atom is -0.381 e. The molecule has 1 N–H and O–H groups in total. The summed E-state index contributed by atoms with van der Waals surface area (Å²) in [7, 11) is 0. The molecule has 0 unspecified atom stereocenters. The second kappa shape index (κ2) is 6.76. The Bertz CT molecular complexity index is 271. The molecule has 1 aliphatic heterocycles. The highest BCUT2D eigenvalue weighted by atomic mass is 35.5. The lowest BCUT2D eigenvalue weighted by atomic mass is 9.75. The van der Waals surface area contributed by atoms with Crippen LogP contribution in [0, 0.1) is 11.3 Å². The molecular weight excluding hydrogens is 250 g/mol. The molecule has 1 saturated carbocycles. The fourth-order valence-electron chi connectivity index (χ4n) is 3.04. The Hall–Kier alpha value is -0.280. The molecule has 1 saturated heterocycles. The van der Waals surface area contributed by atoms with Crippen molar-refractivity contribution in [2.45, 2.75) is 44.9 Å². The highest BCUT2D eigenvalue weighted by Gasteiger charge is 2.32. The normalized spacial score (nSPS) is 24.7. The highest BCUT2D eigenvalue weighted by Crippen LogP contribution is 2.36. The summed E-state index contributed by atoms with van der Waals surface area (Å²) < 4.78 is 5.28. The number of carbonyl (C=O) groups is 1. The molecule has 0 spiro atoms. The summed E-state index contributed by atoms with van der Waals surface area (Å²) in [6, 6.07) is 0. The molecule has 0 aromatic carbocycles. The molecule has 2 rings (SSSR count). The standard InChI is InChI=1S/C14H24ClNO2/c15-10-14(6-2-1-3-7-14)11-16-13(17)12-4-8-18-9-5-12/h12H,1-11H2,(H,16,17). The van der Waals surface area contributed by atoms with Gasteiger partial charge in [0.1, 0.15) is 0 Å². The summed E-state index contributed by atoms with van der Waals surface area (Å²) in [6.07, 6.45) is 7.85. The third-order valence-electron chi connectivity index (χ3n) is 4.43. The minimum absolute atomic E-state index is 0.148. The first-order chi connectivity index (χ1) is 8.76. The van der Waals surface area contributed by atoms with E-state index in [1.54, 1.807) is 0 Å². The van der Waals surface area contributed by atoms with Gasteiger partial charge in [0.05, 0.1) is 0 Å². The molecule has 1 aliphatic carbocycles. The van der Waals surface area contributed by atoms with Crippen LogP contribution in [0.4, 0.5) is 0 Å². The van der Waals surface area contributed by atoms with Gasteiger partial charge < -0.3 is 10.1 Å². The Labute approximate surface area is 115 Å². The first kappa shape index (κ1) is 14.1. The monoisotopic (exact) mass is 273 g/mol. The molecule has 104 valence electrons. The molecular formula is C14H24ClNO2. The molecule has 18 heavy (non-hydrogen) atoms. The van der Waals surface area contributed by atoms with Crippen molar-refractivity contribution in [1.29, 1.82) is 0 Å². The fourth-order valence-corrected chi connectivity index (χ4v) is 3.40. The van der Waals surface area contributed by atoms with Gasteiger partial charge in [0.15, 0.2) is 0 Å². The summed E-state index contributed by atoms with van der Waals surface area (Å²) in [5.74, 6) is 1.02. The first-order valence-corrected chi connectivity index (χ1v) is 7.71. The van der Waals surface area contributed by atoms with Gasteiger partial charge in [0.2, 0.25) is 5.91 Å². The average molecular weight is 274 g/mol. The van der Waals surface area contributed by atoms with E-state index in [0.717, 1.165) is 45.4 Å². The zero-order valence-corrected chi connectivity index (χ0v) is 11.8. The van der Waals surface area contributed by atoms with Crippen molar-refractivity contribution >= 4 is 17.5 Å². The van der Waals surface area contributed by atoms with E-state index in [0.29, 0.717) is 5.88 Å². The van der Waals surface area contributed by atoms with Crippen LogP contribution in [0.25, 0.3) is 0 Å². The molecule has 1 heterocycles. The van der Waals surface area contributed by atoms with E-state index in [-0.39, 0.29) is 17.2 Å². The highest BCUT2D eigenvalue weighted by molar-refractivity contribution is 6.18. The Balaban J connectivity index is 1.79. The number of amides is 1. The molecule has 0 atom stereocenters. The van der Waals surface area contributed by atoms with Crippen LogP contribution in [0.15, 0.2) is 0 Å². The van der Waals surface area contributed by atoms with Crippen LogP contribution in [-0.4, -0.2) is 31.5 Å². The smallest absolute Gasteiger partial charge is 0.223 e. The van der Waals surface area contributed by atoms with Gasteiger partial charge in [-0.1, -0.05) is 19.3 Å². The van der Waals surface area contributed by atoms with Crippen LogP contribution in [0.1, 0.15) is 44.9 Å². The molecule has 4 heteroatoms. The van der Waals surface area contributed by atoms with Gasteiger partial charge in [-0.05, 0) is 25.7 Å². The van der Waals surface area contributed by atoms with E-state index in [1.165, 1.54) is 19.3 Å². The largest absolute Gasteiger partial charge is 0.381 e. The van der Waals surface area contributed by atoms with Gasteiger partial charge in [0, 0.05) is 37.0 Å². The molecule has 3 nitrogen and oxygen atoms in total. The molecule has 0 bridgehead atoms. The maximum absolute atomic E-state index is 12.1. The van der Waals surface area contributed by atoms with E-state index < -0.39 is 0 Å². The summed E-state index contributed by atoms with van der Waals surface area (Å²) in [5.41, 5.74) is 0.153. The molecule has 0 aromatic heterocycles. The second-order valence-corrected chi connectivity index (χ2v) is 6.07. The van der Waals surface area contributed by atoms with Crippen molar-refractivity contribution in [3.05, 3.63) is 0 Å². The van der Waals surface area contributed by atoms with Crippen LogP contribution in [0.3, 0.4) is 0 Å². The SMILES string of the molecule is O=C(NCC1(CCl)CCCCC1)C1CCOCC1. The first-order valence-electron chi connectivity index (χ1n) is 7.17. The van der Waals surface area contributed by atoms with Gasteiger partial charge in [-0.2, -0.15) is 0 Å². The quantitative estimate of drug-likeness (QED) is 0.800. The third-order valence-corrected chi connectivity index (χ3v) is 4.99. The minimum atomic E-state index is 0.148. The van der Waals surface area contributed by atoms with E-state index in [2.05, 4.69) is 5.32 Å². The summed E-state index contributed by atoms with van der Waals surface area (Å²) in [4.78, 5) is 12.1. The zero-order chi connectivity index (χ0) is 12.8. The van der Waals surface area contributed by atoms with Gasteiger partial charge >= 0.3 is 0 Å². The van der Waals surface area contributed by atoms with Crippen LogP contribution >= 0.6 is 11.6 Å². The molecule has 0 aromatic rings. The van der Waals surface area contributed by atoms with E-state index in [9.17, 15) is 4.79 Å².